The summed E-state index contributed by atoms with van der Waals surface area (Å²) in [5.41, 5.74) is -6.40. The minimum atomic E-state index is -5.84. The number of hydrogen-bond acceptors (Lipinski definition) is 7. The molecule has 0 aromatic carbocycles. The van der Waals surface area contributed by atoms with Crippen molar-refractivity contribution in [3.63, 3.8) is 0 Å². The number of pyridine rings is 1. The van der Waals surface area contributed by atoms with Crippen LogP contribution in [0, 0.1) is 5.82 Å². The zero-order chi connectivity index (χ0) is 27.2. The first-order valence-electron chi connectivity index (χ1n) is 11.3. The van der Waals surface area contributed by atoms with Crippen LogP contribution >= 0.6 is 0 Å². The van der Waals surface area contributed by atoms with Crippen LogP contribution in [0.5, 0.6) is 0 Å². The van der Waals surface area contributed by atoms with Gasteiger partial charge in [-0.1, -0.05) is 6.07 Å². The number of nitrogens with zero attached hydrogens (tertiary/aromatic N) is 5. The van der Waals surface area contributed by atoms with Crippen LogP contribution in [0.4, 0.5) is 17.6 Å². The zero-order valence-electron chi connectivity index (χ0n) is 19.8. The van der Waals surface area contributed by atoms with Gasteiger partial charge in [-0.05, 0) is 38.0 Å². The molecule has 1 aliphatic carbocycles. The van der Waals surface area contributed by atoms with Crippen LogP contribution in [-0.4, -0.2) is 68.9 Å². The van der Waals surface area contributed by atoms with E-state index in [1.807, 2.05) is 0 Å². The first-order valence-corrected chi connectivity index (χ1v) is 12.7. The minimum Gasteiger partial charge on any atom is -0.381 e. The van der Waals surface area contributed by atoms with Crippen molar-refractivity contribution in [1.82, 2.24) is 24.6 Å². The molecule has 0 N–H and O–H groups in total. The smallest absolute Gasteiger partial charge is 0.381 e. The molecule has 1 saturated heterocycles. The van der Waals surface area contributed by atoms with Gasteiger partial charge in [0.2, 0.25) is 11.8 Å². The van der Waals surface area contributed by atoms with E-state index < -0.39 is 44.7 Å². The highest BCUT2D eigenvalue weighted by molar-refractivity contribution is 7.87. The SMILES string of the molecule is CCN1C(=O)CN([C@@H](C)c2ccc(-n3cc(F)cn3)nc2)C(=O)C12CC=C(OS(=O)(=O)C(F)(F)F)CC2. The third-order valence-corrected chi connectivity index (χ3v) is 7.56. The number of alkyl halides is 3. The largest absolute Gasteiger partial charge is 0.534 e. The van der Waals surface area contributed by atoms with E-state index in [1.54, 1.807) is 26.0 Å². The van der Waals surface area contributed by atoms with Gasteiger partial charge in [0.25, 0.3) is 0 Å². The number of carbonyl (C=O) groups excluding carboxylic acids is 2. The molecule has 200 valence electrons. The molecule has 4 rings (SSSR count). The summed E-state index contributed by atoms with van der Waals surface area (Å²) in [6, 6.07) is 2.64. The zero-order valence-corrected chi connectivity index (χ0v) is 20.6. The summed E-state index contributed by atoms with van der Waals surface area (Å²) in [6.45, 7) is 3.33. The van der Waals surface area contributed by atoms with Crippen molar-refractivity contribution in [3.05, 3.63) is 53.9 Å². The standard InChI is InChI=1S/C22H23F4N5O5S/c1-3-30-19(32)13-29(14(2)15-4-5-18(27-10-15)31-12-16(23)11-28-31)20(33)21(30)8-6-17(7-9-21)36-37(34,35)22(24,25)26/h4-6,10-12,14H,3,7-9,13H2,1-2H3/t14-,21?/m0/s1. The molecule has 0 radical (unpaired) electrons. The van der Waals surface area contributed by atoms with Crippen molar-refractivity contribution in [2.45, 2.75) is 50.2 Å². The second-order valence-corrected chi connectivity index (χ2v) is 10.2. The molecule has 1 aliphatic heterocycles. The molecule has 0 bridgehead atoms. The predicted octanol–water partition coefficient (Wildman–Crippen LogP) is 2.83. The summed E-state index contributed by atoms with van der Waals surface area (Å²) in [7, 11) is -5.84. The molecule has 3 heterocycles. The van der Waals surface area contributed by atoms with Gasteiger partial charge in [0.1, 0.15) is 17.8 Å². The number of amides is 2. The lowest BCUT2D eigenvalue weighted by molar-refractivity contribution is -0.168. The van der Waals surface area contributed by atoms with E-state index in [4.69, 9.17) is 0 Å². The third-order valence-electron chi connectivity index (χ3n) is 6.56. The Morgan fingerprint density at radius 2 is 1.95 bits per heavy atom. The average Bonchev–Trinajstić information content (AvgIpc) is 3.28. The van der Waals surface area contributed by atoms with Crippen LogP contribution in [0.15, 0.2) is 42.6 Å². The van der Waals surface area contributed by atoms with Gasteiger partial charge in [-0.15, -0.1) is 0 Å². The molecular weight excluding hydrogens is 522 g/mol. The molecule has 1 unspecified atom stereocenters. The quantitative estimate of drug-likeness (QED) is 0.312. The lowest BCUT2D eigenvalue weighted by Gasteiger charge is -2.51. The molecule has 15 heteroatoms. The van der Waals surface area contributed by atoms with E-state index in [-0.39, 0.29) is 38.3 Å². The van der Waals surface area contributed by atoms with Gasteiger partial charge in [0.15, 0.2) is 11.6 Å². The molecule has 1 spiro atoms. The highest BCUT2D eigenvalue weighted by Crippen LogP contribution is 2.41. The van der Waals surface area contributed by atoms with E-state index in [9.17, 15) is 35.6 Å². The fraction of sp³-hybridized carbons (Fsp3) is 0.455. The molecule has 2 atom stereocenters. The van der Waals surface area contributed by atoms with Crippen LogP contribution in [0.2, 0.25) is 0 Å². The fourth-order valence-corrected chi connectivity index (χ4v) is 5.15. The molecular formula is C22H23F4N5O5S. The number of aromatic nitrogens is 3. The van der Waals surface area contributed by atoms with Crippen LogP contribution in [-0.2, 0) is 23.9 Å². The Hall–Kier alpha value is -3.49. The number of allylic oxidation sites excluding steroid dienone is 1. The fourth-order valence-electron chi connectivity index (χ4n) is 4.62. The topological polar surface area (TPSA) is 115 Å². The number of piperazine rings is 1. The summed E-state index contributed by atoms with van der Waals surface area (Å²) in [4.78, 5) is 33.8. The van der Waals surface area contributed by atoms with Crippen molar-refractivity contribution in [2.24, 2.45) is 0 Å². The van der Waals surface area contributed by atoms with E-state index in [2.05, 4.69) is 14.3 Å². The van der Waals surface area contributed by atoms with Crippen LogP contribution in [0.3, 0.4) is 0 Å². The Bertz CT molecular complexity index is 1340. The Morgan fingerprint density at radius 1 is 1.22 bits per heavy atom. The monoisotopic (exact) mass is 545 g/mol. The van der Waals surface area contributed by atoms with E-state index >= 15 is 0 Å². The molecule has 10 nitrogen and oxygen atoms in total. The number of carbonyl (C=O) groups is 2. The number of hydrogen-bond donors (Lipinski definition) is 0. The Morgan fingerprint density at radius 3 is 2.46 bits per heavy atom. The van der Waals surface area contributed by atoms with E-state index in [0.29, 0.717) is 11.4 Å². The van der Waals surface area contributed by atoms with Gasteiger partial charge in [-0.3, -0.25) is 9.59 Å². The van der Waals surface area contributed by atoms with Gasteiger partial charge in [-0.25, -0.2) is 14.1 Å². The first-order chi connectivity index (χ1) is 17.3. The van der Waals surface area contributed by atoms with E-state index in [0.717, 1.165) is 18.5 Å². The maximum atomic E-state index is 13.8. The summed E-state index contributed by atoms with van der Waals surface area (Å²) < 4.78 is 79.6. The number of rotatable bonds is 6. The molecule has 2 amide bonds. The van der Waals surface area contributed by atoms with Gasteiger partial charge in [0, 0.05) is 25.6 Å². The molecule has 37 heavy (non-hydrogen) atoms. The maximum Gasteiger partial charge on any atom is 0.534 e. The second kappa shape index (κ2) is 9.43. The minimum absolute atomic E-state index is 0.115. The normalized spacial score (nSPS) is 21.8. The molecule has 1 fully saturated rings. The van der Waals surface area contributed by atoms with Crippen molar-refractivity contribution in [2.75, 3.05) is 13.1 Å². The Balaban J connectivity index is 1.58. The Labute approximate surface area is 209 Å². The van der Waals surface area contributed by atoms with Gasteiger partial charge in [0.05, 0.1) is 18.4 Å². The second-order valence-electron chi connectivity index (χ2n) is 8.69. The summed E-state index contributed by atoms with van der Waals surface area (Å²) in [5.74, 6) is -1.40. The number of likely N-dealkylation sites (N-methyl/N-ethyl adjacent to an activating group) is 1. The average molecular weight is 546 g/mol. The lowest BCUT2D eigenvalue weighted by atomic mass is 9.79. The summed E-state index contributed by atoms with van der Waals surface area (Å²) in [6.07, 6.45) is 4.16. The van der Waals surface area contributed by atoms with Crippen molar-refractivity contribution in [3.8, 4) is 5.82 Å². The lowest BCUT2D eigenvalue weighted by Crippen LogP contribution is -2.68. The van der Waals surface area contributed by atoms with Gasteiger partial charge >= 0.3 is 15.6 Å². The van der Waals surface area contributed by atoms with Gasteiger partial charge in [-0.2, -0.15) is 26.7 Å². The third kappa shape index (κ3) is 4.79. The molecule has 2 aliphatic rings. The van der Waals surface area contributed by atoms with Gasteiger partial charge < -0.3 is 14.0 Å². The van der Waals surface area contributed by atoms with Crippen molar-refractivity contribution in [1.29, 1.82) is 0 Å². The predicted molar refractivity (Wildman–Crippen MR) is 120 cm³/mol. The van der Waals surface area contributed by atoms with Crippen LogP contribution in [0.1, 0.15) is 44.7 Å². The van der Waals surface area contributed by atoms with Crippen LogP contribution < -0.4 is 0 Å². The first kappa shape index (κ1) is 26.6. The summed E-state index contributed by atoms with van der Waals surface area (Å²) >= 11 is 0. The molecule has 2 aromatic rings. The highest BCUT2D eigenvalue weighted by atomic mass is 32.2. The number of halogens is 4. The highest BCUT2D eigenvalue weighted by Gasteiger charge is 2.54. The molecule has 0 saturated carbocycles. The van der Waals surface area contributed by atoms with Crippen LogP contribution in [0.25, 0.3) is 5.82 Å². The van der Waals surface area contributed by atoms with Crippen molar-refractivity contribution >= 4 is 21.9 Å². The van der Waals surface area contributed by atoms with E-state index in [1.165, 1.54) is 20.7 Å². The Kier molecular flexibility index (Phi) is 6.77. The molecule has 2 aromatic heterocycles. The van der Waals surface area contributed by atoms with Crippen molar-refractivity contribution < 1.29 is 39.8 Å². The maximum absolute atomic E-state index is 13.8. The summed E-state index contributed by atoms with van der Waals surface area (Å²) in [5, 5.41) is 3.84.